The van der Waals surface area contributed by atoms with Crippen molar-refractivity contribution in [1.82, 2.24) is 5.43 Å². The number of hydrogen-bond donors (Lipinski definition) is 1. The van der Waals surface area contributed by atoms with Crippen molar-refractivity contribution in [3.63, 3.8) is 0 Å². The Morgan fingerprint density at radius 1 is 0.868 bits per heavy atom. The predicted octanol–water partition coefficient (Wildman–Crippen LogP) is 6.06. The molecule has 0 aromatic heterocycles. The summed E-state index contributed by atoms with van der Waals surface area (Å²) in [6.07, 6.45) is 0.711. The molecule has 0 spiro atoms. The average molecular weight is 529 g/mol. The van der Waals surface area contributed by atoms with Gasteiger partial charge in [-0.1, -0.05) is 48.0 Å². The highest BCUT2D eigenvalue weighted by Gasteiger charge is 2.14. The summed E-state index contributed by atoms with van der Waals surface area (Å²) < 4.78 is 16.8. The lowest BCUT2D eigenvalue weighted by Crippen LogP contribution is -2.33. The minimum absolute atomic E-state index is 0.356. The normalized spacial score (nSPS) is 11.5. The quantitative estimate of drug-likeness (QED) is 0.117. The van der Waals surface area contributed by atoms with Crippen molar-refractivity contribution in [1.29, 1.82) is 0 Å². The predicted molar refractivity (Wildman–Crippen MR) is 146 cm³/mol. The summed E-state index contributed by atoms with van der Waals surface area (Å²) in [4.78, 5) is 24.6. The Bertz CT molecular complexity index is 1390. The highest BCUT2D eigenvalue weighted by molar-refractivity contribution is 6.30. The van der Waals surface area contributed by atoms with Crippen LogP contribution in [0.4, 0.5) is 0 Å². The van der Waals surface area contributed by atoms with Crippen LogP contribution in [0, 0.1) is 0 Å². The van der Waals surface area contributed by atoms with Crippen LogP contribution in [0.5, 0.6) is 17.2 Å². The molecule has 7 nitrogen and oxygen atoms in total. The van der Waals surface area contributed by atoms with E-state index in [0.717, 1.165) is 5.56 Å². The third-order valence-corrected chi connectivity index (χ3v) is 5.53. The van der Waals surface area contributed by atoms with Crippen LogP contribution in [0.3, 0.4) is 0 Å². The van der Waals surface area contributed by atoms with Gasteiger partial charge in [0.1, 0.15) is 23.9 Å². The molecular weight excluding hydrogens is 504 g/mol. The highest BCUT2D eigenvalue weighted by Crippen LogP contribution is 2.20. The number of nitrogens with one attached hydrogen (secondary N) is 1. The van der Waals surface area contributed by atoms with Crippen molar-refractivity contribution in [3.8, 4) is 17.2 Å². The fraction of sp³-hybridized carbons (Fsp3) is 0.100. The Kier molecular flexibility index (Phi) is 9.10. The molecule has 0 fully saturated rings. The maximum absolute atomic E-state index is 12.4. The maximum Gasteiger partial charge on any atom is 0.343 e. The van der Waals surface area contributed by atoms with Gasteiger partial charge in [0.15, 0.2) is 6.10 Å². The van der Waals surface area contributed by atoms with E-state index in [2.05, 4.69) is 10.5 Å². The Morgan fingerprint density at radius 2 is 1.55 bits per heavy atom. The number of amides is 1. The fourth-order valence-electron chi connectivity index (χ4n) is 3.28. The summed E-state index contributed by atoms with van der Waals surface area (Å²) in [5, 5.41) is 4.43. The zero-order valence-electron chi connectivity index (χ0n) is 20.5. The van der Waals surface area contributed by atoms with Crippen LogP contribution in [-0.4, -0.2) is 24.2 Å². The minimum atomic E-state index is -0.767. The Morgan fingerprint density at radius 3 is 2.26 bits per heavy atom. The molecule has 4 aromatic carbocycles. The number of esters is 1. The van der Waals surface area contributed by atoms with E-state index in [0.29, 0.717) is 40.0 Å². The summed E-state index contributed by atoms with van der Waals surface area (Å²) in [6.45, 7) is 2.10. The van der Waals surface area contributed by atoms with Gasteiger partial charge < -0.3 is 14.2 Å². The number of carbonyl (C=O) groups excluding carboxylic acids is 2. The third kappa shape index (κ3) is 7.94. The van der Waals surface area contributed by atoms with Crippen LogP contribution < -0.4 is 19.6 Å². The zero-order chi connectivity index (χ0) is 26.7. The second kappa shape index (κ2) is 13.1. The molecule has 1 unspecified atom stereocenters. The number of benzene rings is 4. The Labute approximate surface area is 225 Å². The molecule has 0 bridgehead atoms. The smallest absolute Gasteiger partial charge is 0.343 e. The van der Waals surface area contributed by atoms with Gasteiger partial charge in [-0.15, -0.1) is 0 Å². The monoisotopic (exact) mass is 528 g/mol. The summed E-state index contributed by atoms with van der Waals surface area (Å²) in [5.41, 5.74) is 4.59. The van der Waals surface area contributed by atoms with Crippen LogP contribution in [0.25, 0.3) is 0 Å². The molecule has 1 amide bonds. The van der Waals surface area contributed by atoms with Gasteiger partial charge >= 0.3 is 5.97 Å². The van der Waals surface area contributed by atoms with E-state index in [1.54, 1.807) is 73.7 Å². The maximum atomic E-state index is 12.4. The van der Waals surface area contributed by atoms with Gasteiger partial charge in [-0.3, -0.25) is 4.79 Å². The molecule has 192 valence electrons. The van der Waals surface area contributed by atoms with Crippen molar-refractivity contribution < 1.29 is 23.8 Å². The first-order chi connectivity index (χ1) is 18.5. The number of hydrazone groups is 1. The second-order valence-corrected chi connectivity index (χ2v) is 8.65. The number of hydrogen-bond acceptors (Lipinski definition) is 6. The number of rotatable bonds is 10. The molecule has 0 aliphatic carbocycles. The van der Waals surface area contributed by atoms with Crippen molar-refractivity contribution in [2.75, 3.05) is 0 Å². The van der Waals surface area contributed by atoms with Crippen LogP contribution in [0.2, 0.25) is 5.02 Å². The molecule has 8 heteroatoms. The molecule has 4 rings (SSSR count). The first-order valence-corrected chi connectivity index (χ1v) is 12.2. The first-order valence-electron chi connectivity index (χ1n) is 11.8. The summed E-state index contributed by atoms with van der Waals surface area (Å²) >= 11 is 5.91. The summed E-state index contributed by atoms with van der Waals surface area (Å²) in [7, 11) is 0. The molecule has 0 saturated carbocycles. The van der Waals surface area contributed by atoms with Gasteiger partial charge in [0, 0.05) is 5.02 Å². The molecule has 0 aliphatic rings. The fourth-order valence-corrected chi connectivity index (χ4v) is 3.47. The van der Waals surface area contributed by atoms with Crippen LogP contribution in [-0.2, 0) is 11.4 Å². The van der Waals surface area contributed by atoms with Crippen molar-refractivity contribution >= 4 is 29.7 Å². The topological polar surface area (TPSA) is 86.2 Å². The molecule has 0 radical (unpaired) electrons. The largest absolute Gasteiger partial charge is 0.489 e. The first kappa shape index (κ1) is 26.4. The van der Waals surface area contributed by atoms with E-state index in [1.807, 2.05) is 30.3 Å². The molecular formula is C30H25ClN2O5. The van der Waals surface area contributed by atoms with Crippen LogP contribution in [0.1, 0.15) is 28.4 Å². The Balaban J connectivity index is 1.21. The third-order valence-electron chi connectivity index (χ3n) is 5.29. The van der Waals surface area contributed by atoms with E-state index in [1.165, 1.54) is 12.3 Å². The zero-order valence-corrected chi connectivity index (χ0v) is 21.3. The molecule has 0 aliphatic heterocycles. The lowest BCUT2D eigenvalue weighted by atomic mass is 10.2. The van der Waals surface area contributed by atoms with E-state index < -0.39 is 18.0 Å². The molecule has 4 aromatic rings. The van der Waals surface area contributed by atoms with Gasteiger partial charge in [-0.05, 0) is 84.8 Å². The van der Waals surface area contributed by atoms with Gasteiger partial charge in [-0.25, -0.2) is 10.2 Å². The molecule has 0 heterocycles. The SMILES string of the molecule is CC(Oc1ccc(OCc2ccccc2)cc1)C(=O)NN=Cc1ccc(OC(=O)c2cccc(Cl)c2)cc1. The summed E-state index contributed by atoms with van der Waals surface area (Å²) in [5.74, 6) is 0.691. The van der Waals surface area contributed by atoms with Gasteiger partial charge in [0.2, 0.25) is 0 Å². The van der Waals surface area contributed by atoms with Crippen LogP contribution in [0.15, 0.2) is 108 Å². The van der Waals surface area contributed by atoms with E-state index in [-0.39, 0.29) is 0 Å². The average Bonchev–Trinajstić information content (AvgIpc) is 2.94. The standard InChI is InChI=1S/C30H25ClN2O5/c1-21(37-27-16-14-26(15-17-27)36-20-23-6-3-2-4-7-23)29(34)33-32-19-22-10-12-28(13-11-22)38-30(35)24-8-5-9-25(31)18-24/h2-19,21H,20H2,1H3,(H,33,34). The van der Waals surface area contributed by atoms with Gasteiger partial charge in [0.05, 0.1) is 11.8 Å². The van der Waals surface area contributed by atoms with Crippen molar-refractivity contribution in [2.24, 2.45) is 5.10 Å². The van der Waals surface area contributed by atoms with E-state index in [9.17, 15) is 9.59 Å². The molecule has 1 atom stereocenters. The highest BCUT2D eigenvalue weighted by atomic mass is 35.5. The van der Waals surface area contributed by atoms with E-state index >= 15 is 0 Å². The van der Waals surface area contributed by atoms with Crippen LogP contribution >= 0.6 is 11.6 Å². The number of ether oxygens (including phenoxy) is 3. The lowest BCUT2D eigenvalue weighted by Gasteiger charge is -2.13. The molecule has 0 saturated heterocycles. The lowest BCUT2D eigenvalue weighted by molar-refractivity contribution is -0.127. The minimum Gasteiger partial charge on any atom is -0.489 e. The summed E-state index contributed by atoms with van der Waals surface area (Å²) in [6, 6.07) is 30.1. The molecule has 1 N–H and O–H groups in total. The molecule has 38 heavy (non-hydrogen) atoms. The number of halogens is 1. The van der Waals surface area contributed by atoms with Gasteiger partial charge in [0.25, 0.3) is 5.91 Å². The second-order valence-electron chi connectivity index (χ2n) is 8.21. The van der Waals surface area contributed by atoms with Crippen molar-refractivity contribution in [3.05, 3.63) is 125 Å². The number of carbonyl (C=O) groups is 2. The van der Waals surface area contributed by atoms with E-state index in [4.69, 9.17) is 25.8 Å². The number of nitrogens with zero attached hydrogens (tertiary/aromatic N) is 1. The van der Waals surface area contributed by atoms with Crippen molar-refractivity contribution in [2.45, 2.75) is 19.6 Å². The van der Waals surface area contributed by atoms with Gasteiger partial charge in [-0.2, -0.15) is 5.10 Å². The Hall–Kier alpha value is -4.62.